The fourth-order valence-corrected chi connectivity index (χ4v) is 1.61. The third-order valence-corrected chi connectivity index (χ3v) is 2.46. The Bertz CT molecular complexity index is 317. The summed E-state index contributed by atoms with van der Waals surface area (Å²) in [7, 11) is 1.86. The number of rotatable bonds is 3. The van der Waals surface area contributed by atoms with Crippen LogP contribution < -0.4 is 0 Å². The number of carbonyl (C=O) groups is 1. The van der Waals surface area contributed by atoms with Crippen molar-refractivity contribution in [1.29, 1.82) is 0 Å². The summed E-state index contributed by atoms with van der Waals surface area (Å²) in [6.07, 6.45) is 3.52. The highest BCUT2D eigenvalue weighted by Gasteiger charge is 2.20. The molecule has 0 N–H and O–H groups in total. The first kappa shape index (κ1) is 10.4. The molecule has 0 aliphatic heterocycles. The van der Waals surface area contributed by atoms with Crippen LogP contribution in [-0.4, -0.2) is 16.1 Å². The van der Waals surface area contributed by atoms with E-state index in [1.165, 1.54) is 0 Å². The molecule has 0 amide bonds. The lowest BCUT2D eigenvalue weighted by molar-refractivity contribution is -0.114. The van der Waals surface area contributed by atoms with E-state index in [9.17, 15) is 4.79 Å². The average Bonchev–Trinajstić information content (AvgIpc) is 2.30. The second kappa shape index (κ2) is 3.62. The Morgan fingerprint density at radius 1 is 1.69 bits per heavy atom. The predicted molar refractivity (Wildman–Crippen MR) is 54.5 cm³/mol. The molecule has 0 saturated carbocycles. The van der Waals surface area contributed by atoms with Gasteiger partial charge in [-0.15, -0.1) is 0 Å². The smallest absolute Gasteiger partial charge is 0.125 e. The molecule has 0 fully saturated rings. The molecule has 0 spiro atoms. The summed E-state index contributed by atoms with van der Waals surface area (Å²) in [6, 6.07) is 0. The molecule has 1 rings (SSSR count). The normalized spacial score (nSPS) is 11.7. The molecule has 1 aromatic heterocycles. The number of hydrogen-bond acceptors (Lipinski definition) is 2. The average molecular weight is 245 g/mol. The van der Waals surface area contributed by atoms with Gasteiger partial charge in [0.1, 0.15) is 6.29 Å². The number of aromatic nitrogens is 2. The first-order valence-corrected chi connectivity index (χ1v) is 4.88. The van der Waals surface area contributed by atoms with Crippen LogP contribution in [0.5, 0.6) is 0 Å². The van der Waals surface area contributed by atoms with E-state index in [4.69, 9.17) is 0 Å². The topological polar surface area (TPSA) is 34.9 Å². The summed E-state index contributed by atoms with van der Waals surface area (Å²) < 4.78 is 2.70. The maximum atomic E-state index is 10.7. The monoisotopic (exact) mass is 244 g/mol. The summed E-state index contributed by atoms with van der Waals surface area (Å²) in [4.78, 5) is 10.7. The number of aryl methyl sites for hydroxylation is 1. The highest BCUT2D eigenvalue weighted by atomic mass is 79.9. The van der Waals surface area contributed by atoms with Crippen molar-refractivity contribution in [3.63, 3.8) is 0 Å². The Labute approximate surface area is 86.3 Å². The van der Waals surface area contributed by atoms with E-state index in [1.54, 1.807) is 4.68 Å². The predicted octanol–water partition coefficient (Wildman–Crippen LogP) is 1.95. The quantitative estimate of drug-likeness (QED) is 0.763. The van der Waals surface area contributed by atoms with E-state index >= 15 is 0 Å². The van der Waals surface area contributed by atoms with Crippen molar-refractivity contribution >= 4 is 22.2 Å². The Balaban J connectivity index is 2.85. The van der Waals surface area contributed by atoms with Crippen LogP contribution in [0.25, 0.3) is 0 Å². The lowest BCUT2D eigenvalue weighted by atomic mass is 9.90. The minimum absolute atomic E-state index is 0.336. The van der Waals surface area contributed by atoms with E-state index < -0.39 is 0 Å². The molecule has 13 heavy (non-hydrogen) atoms. The van der Waals surface area contributed by atoms with E-state index in [0.29, 0.717) is 6.42 Å². The minimum Gasteiger partial charge on any atom is -0.303 e. The molecule has 0 aliphatic rings. The van der Waals surface area contributed by atoms with Gasteiger partial charge in [0.05, 0.1) is 10.2 Å². The maximum Gasteiger partial charge on any atom is 0.125 e. The molecule has 0 bridgehead atoms. The molecular weight excluding hydrogens is 232 g/mol. The molecule has 1 heterocycles. The number of carbonyl (C=O) groups excluding carboxylic acids is 1. The Kier molecular flexibility index (Phi) is 2.91. The summed E-state index contributed by atoms with van der Waals surface area (Å²) in [5.74, 6) is 0. The van der Waals surface area contributed by atoms with Crippen LogP contribution in [0, 0.1) is 5.41 Å². The standard InChI is InChI=1S/C9H13BrN2O/c1-9(2,6-13)4-8-7(10)5-12(3)11-8/h5-6H,4H2,1-3H3. The molecule has 0 aliphatic carbocycles. The van der Waals surface area contributed by atoms with Crippen LogP contribution in [0.1, 0.15) is 19.5 Å². The Hall–Kier alpha value is -0.640. The highest BCUT2D eigenvalue weighted by molar-refractivity contribution is 9.10. The van der Waals surface area contributed by atoms with Crippen molar-refractivity contribution in [3.8, 4) is 0 Å². The molecule has 1 aromatic rings. The number of aldehydes is 1. The van der Waals surface area contributed by atoms with Crippen molar-refractivity contribution in [1.82, 2.24) is 9.78 Å². The van der Waals surface area contributed by atoms with Gasteiger partial charge < -0.3 is 4.79 Å². The molecule has 0 atom stereocenters. The van der Waals surface area contributed by atoms with Crippen LogP contribution in [-0.2, 0) is 18.3 Å². The van der Waals surface area contributed by atoms with Crippen molar-refractivity contribution in [2.24, 2.45) is 12.5 Å². The van der Waals surface area contributed by atoms with E-state index in [-0.39, 0.29) is 5.41 Å². The minimum atomic E-state index is -0.336. The van der Waals surface area contributed by atoms with Crippen LogP contribution in [0.3, 0.4) is 0 Å². The summed E-state index contributed by atoms with van der Waals surface area (Å²) >= 11 is 3.40. The van der Waals surface area contributed by atoms with Crippen LogP contribution >= 0.6 is 15.9 Å². The van der Waals surface area contributed by atoms with Gasteiger partial charge in [0, 0.05) is 25.1 Å². The van der Waals surface area contributed by atoms with Gasteiger partial charge in [-0.3, -0.25) is 4.68 Å². The lowest BCUT2D eigenvalue weighted by Crippen LogP contribution is -2.17. The fourth-order valence-electron chi connectivity index (χ4n) is 1.10. The molecule has 3 nitrogen and oxygen atoms in total. The van der Waals surface area contributed by atoms with Gasteiger partial charge in [-0.05, 0) is 15.9 Å². The van der Waals surface area contributed by atoms with Gasteiger partial charge in [-0.25, -0.2) is 0 Å². The van der Waals surface area contributed by atoms with Gasteiger partial charge in [-0.1, -0.05) is 13.8 Å². The van der Waals surface area contributed by atoms with Crippen LogP contribution in [0.15, 0.2) is 10.7 Å². The summed E-state index contributed by atoms with van der Waals surface area (Å²) in [5.41, 5.74) is 0.594. The van der Waals surface area contributed by atoms with Crippen molar-refractivity contribution in [3.05, 3.63) is 16.4 Å². The second-order valence-electron chi connectivity index (χ2n) is 3.88. The number of halogens is 1. The van der Waals surface area contributed by atoms with Gasteiger partial charge in [-0.2, -0.15) is 5.10 Å². The number of nitrogens with zero attached hydrogens (tertiary/aromatic N) is 2. The van der Waals surface area contributed by atoms with Gasteiger partial charge in [0.2, 0.25) is 0 Å². The maximum absolute atomic E-state index is 10.7. The first-order chi connectivity index (χ1) is 5.94. The zero-order chi connectivity index (χ0) is 10.1. The Morgan fingerprint density at radius 3 is 2.69 bits per heavy atom. The molecule has 72 valence electrons. The van der Waals surface area contributed by atoms with E-state index in [0.717, 1.165) is 16.5 Å². The summed E-state index contributed by atoms with van der Waals surface area (Å²) in [6.45, 7) is 3.81. The SMILES string of the molecule is Cn1cc(Br)c(CC(C)(C)C=O)n1. The van der Waals surface area contributed by atoms with Crippen LogP contribution in [0.2, 0.25) is 0 Å². The molecule has 0 unspecified atom stereocenters. The fraction of sp³-hybridized carbons (Fsp3) is 0.556. The Morgan fingerprint density at radius 2 is 2.31 bits per heavy atom. The van der Waals surface area contributed by atoms with Crippen molar-refractivity contribution < 1.29 is 4.79 Å². The third kappa shape index (κ3) is 2.66. The van der Waals surface area contributed by atoms with E-state index in [2.05, 4.69) is 21.0 Å². The van der Waals surface area contributed by atoms with Crippen molar-refractivity contribution in [2.75, 3.05) is 0 Å². The zero-order valence-corrected chi connectivity index (χ0v) is 9.63. The number of hydrogen-bond donors (Lipinski definition) is 0. The molecular formula is C9H13BrN2O. The molecule has 0 aromatic carbocycles. The first-order valence-electron chi connectivity index (χ1n) is 4.09. The van der Waals surface area contributed by atoms with Crippen molar-refractivity contribution in [2.45, 2.75) is 20.3 Å². The van der Waals surface area contributed by atoms with Gasteiger partial charge >= 0.3 is 0 Å². The second-order valence-corrected chi connectivity index (χ2v) is 4.73. The molecule has 4 heteroatoms. The zero-order valence-electron chi connectivity index (χ0n) is 8.04. The highest BCUT2D eigenvalue weighted by Crippen LogP contribution is 2.23. The van der Waals surface area contributed by atoms with Crippen LogP contribution in [0.4, 0.5) is 0 Å². The third-order valence-electron chi connectivity index (χ3n) is 1.80. The van der Waals surface area contributed by atoms with E-state index in [1.807, 2.05) is 27.1 Å². The largest absolute Gasteiger partial charge is 0.303 e. The summed E-state index contributed by atoms with van der Waals surface area (Å²) in [5, 5.41) is 4.25. The molecule has 0 saturated heterocycles. The van der Waals surface area contributed by atoms with Gasteiger partial charge in [0.25, 0.3) is 0 Å². The lowest BCUT2D eigenvalue weighted by Gasteiger charge is -2.14. The molecule has 0 radical (unpaired) electrons. The van der Waals surface area contributed by atoms with Gasteiger partial charge in [0.15, 0.2) is 0 Å².